The molecule has 0 saturated heterocycles. The number of ether oxygens (including phenoxy) is 1. The van der Waals surface area contributed by atoms with Gasteiger partial charge in [-0.05, 0) is 44.6 Å². The molecule has 1 heterocycles. The van der Waals surface area contributed by atoms with Crippen molar-refractivity contribution in [3.8, 4) is 0 Å². The molecule has 1 rings (SSSR count). The first-order valence-electron chi connectivity index (χ1n) is 8.62. The fraction of sp³-hybridized carbons (Fsp3) is 0.650. The van der Waals surface area contributed by atoms with Gasteiger partial charge in [0.05, 0.1) is 0 Å². The summed E-state index contributed by atoms with van der Waals surface area (Å²) in [4.78, 5) is 11.9. The van der Waals surface area contributed by atoms with E-state index in [0.29, 0.717) is 17.3 Å². The third-order valence-corrected chi connectivity index (χ3v) is 4.31. The summed E-state index contributed by atoms with van der Waals surface area (Å²) in [7, 11) is 0. The van der Waals surface area contributed by atoms with E-state index in [1.165, 1.54) is 26.2 Å². The number of hydrogen-bond donors (Lipinski definition) is 1. The second-order valence-corrected chi connectivity index (χ2v) is 7.21. The average Bonchev–Trinajstić information content (AvgIpc) is 2.62. The van der Waals surface area contributed by atoms with Crippen LogP contribution in [0.15, 0.2) is 34.6 Å². The summed E-state index contributed by atoms with van der Waals surface area (Å²) >= 11 is 0. The summed E-state index contributed by atoms with van der Waals surface area (Å²) < 4.78 is 5.43. The smallest absolute Gasteiger partial charge is 0.269 e. The molecule has 3 nitrogen and oxygen atoms in total. The molecule has 23 heavy (non-hydrogen) atoms. The van der Waals surface area contributed by atoms with Crippen molar-refractivity contribution in [2.75, 3.05) is 0 Å². The minimum absolute atomic E-state index is 0.358. The molecule has 1 aliphatic heterocycles. The molecule has 0 aromatic rings. The Morgan fingerprint density at radius 1 is 1.35 bits per heavy atom. The highest BCUT2D eigenvalue weighted by atomic mass is 16.6. The van der Waals surface area contributed by atoms with Gasteiger partial charge in [0.25, 0.3) is 5.79 Å². The largest absolute Gasteiger partial charge is 0.454 e. The van der Waals surface area contributed by atoms with Crippen LogP contribution < -0.4 is 0 Å². The standard InChI is InChI=1S/C20H32O3/c1-8-9-13(2)10-14(3)11-15(4)12-16(5)18-17(6)19(21)20(7,22)23-18/h11-14,22H,8-10H2,1-7H3/b15-11+,16-12+/t13-,14-,20-/m0/s1. The van der Waals surface area contributed by atoms with Crippen LogP contribution in [-0.4, -0.2) is 16.7 Å². The highest BCUT2D eigenvalue weighted by molar-refractivity contribution is 6.03. The maximum atomic E-state index is 11.9. The van der Waals surface area contributed by atoms with Crippen molar-refractivity contribution in [1.82, 2.24) is 0 Å². The molecule has 0 aromatic heterocycles. The van der Waals surface area contributed by atoms with Crippen LogP contribution in [0.2, 0.25) is 0 Å². The first-order valence-corrected chi connectivity index (χ1v) is 8.62. The number of aliphatic hydroxyl groups is 1. The van der Waals surface area contributed by atoms with Crippen molar-refractivity contribution in [3.05, 3.63) is 34.6 Å². The summed E-state index contributed by atoms with van der Waals surface area (Å²) in [5.74, 6) is -0.331. The Bertz CT molecular complexity index is 535. The van der Waals surface area contributed by atoms with Gasteiger partial charge < -0.3 is 9.84 Å². The first-order chi connectivity index (χ1) is 10.6. The minimum Gasteiger partial charge on any atom is -0.454 e. The molecule has 3 atom stereocenters. The quantitative estimate of drug-likeness (QED) is 0.677. The van der Waals surface area contributed by atoms with Gasteiger partial charge in [-0.1, -0.05) is 51.3 Å². The molecule has 0 fully saturated rings. The van der Waals surface area contributed by atoms with Gasteiger partial charge in [-0.15, -0.1) is 0 Å². The number of hydrogen-bond acceptors (Lipinski definition) is 3. The zero-order chi connectivity index (χ0) is 17.8. The summed E-state index contributed by atoms with van der Waals surface area (Å²) in [6.07, 6.45) is 7.97. The molecule has 0 amide bonds. The number of Topliss-reactive ketones (excluding diaryl/α,β-unsaturated/α-hetero) is 1. The van der Waals surface area contributed by atoms with E-state index in [0.717, 1.165) is 17.1 Å². The second kappa shape index (κ2) is 7.96. The van der Waals surface area contributed by atoms with Gasteiger partial charge in [0.15, 0.2) is 0 Å². The highest BCUT2D eigenvalue weighted by Crippen LogP contribution is 2.33. The first kappa shape index (κ1) is 19.7. The number of carbonyl (C=O) groups is 1. The summed E-state index contributed by atoms with van der Waals surface area (Å²) in [6, 6.07) is 0. The Labute approximate surface area is 141 Å². The van der Waals surface area contributed by atoms with Crippen LogP contribution in [0.4, 0.5) is 0 Å². The summed E-state index contributed by atoms with van der Waals surface area (Å²) in [5, 5.41) is 9.93. The molecule has 0 aromatic carbocycles. The predicted octanol–water partition coefficient (Wildman–Crippen LogP) is 4.92. The Kier molecular flexibility index (Phi) is 6.82. The van der Waals surface area contributed by atoms with E-state index in [1.54, 1.807) is 6.92 Å². The summed E-state index contributed by atoms with van der Waals surface area (Å²) in [6.45, 7) is 13.8. The van der Waals surface area contributed by atoms with Crippen molar-refractivity contribution in [3.63, 3.8) is 0 Å². The monoisotopic (exact) mass is 320 g/mol. The lowest BCUT2D eigenvalue weighted by molar-refractivity contribution is -0.169. The maximum Gasteiger partial charge on any atom is 0.269 e. The van der Waals surface area contributed by atoms with Crippen molar-refractivity contribution in [1.29, 1.82) is 0 Å². The van der Waals surface area contributed by atoms with Crippen LogP contribution in [0.3, 0.4) is 0 Å². The van der Waals surface area contributed by atoms with Gasteiger partial charge in [-0.2, -0.15) is 0 Å². The van der Waals surface area contributed by atoms with Gasteiger partial charge >= 0.3 is 0 Å². The van der Waals surface area contributed by atoms with Crippen LogP contribution >= 0.6 is 0 Å². The molecule has 0 bridgehead atoms. The van der Waals surface area contributed by atoms with Gasteiger partial charge in [0, 0.05) is 12.5 Å². The lowest BCUT2D eigenvalue weighted by Crippen LogP contribution is -2.32. The highest BCUT2D eigenvalue weighted by Gasteiger charge is 2.42. The molecule has 1 aliphatic rings. The number of ketones is 1. The van der Waals surface area contributed by atoms with E-state index in [1.807, 2.05) is 13.0 Å². The molecule has 0 saturated carbocycles. The second-order valence-electron chi connectivity index (χ2n) is 7.21. The molecule has 0 radical (unpaired) electrons. The van der Waals surface area contributed by atoms with E-state index in [-0.39, 0.29) is 5.78 Å². The maximum absolute atomic E-state index is 11.9. The Morgan fingerprint density at radius 3 is 2.43 bits per heavy atom. The predicted molar refractivity (Wildman–Crippen MR) is 94.8 cm³/mol. The van der Waals surface area contributed by atoms with Crippen LogP contribution in [0.5, 0.6) is 0 Å². The number of allylic oxidation sites excluding steroid dienone is 4. The van der Waals surface area contributed by atoms with E-state index >= 15 is 0 Å². The third-order valence-electron chi connectivity index (χ3n) is 4.31. The minimum atomic E-state index is -1.73. The summed E-state index contributed by atoms with van der Waals surface area (Å²) in [5.41, 5.74) is 2.51. The van der Waals surface area contributed by atoms with Gasteiger partial charge in [0.2, 0.25) is 5.78 Å². The van der Waals surface area contributed by atoms with Crippen LogP contribution in [-0.2, 0) is 9.53 Å². The van der Waals surface area contributed by atoms with Crippen molar-refractivity contribution in [2.45, 2.75) is 73.5 Å². The van der Waals surface area contributed by atoms with Gasteiger partial charge in [-0.25, -0.2) is 0 Å². The molecular weight excluding hydrogens is 288 g/mol. The number of rotatable bonds is 7. The molecule has 130 valence electrons. The molecule has 3 heteroatoms. The van der Waals surface area contributed by atoms with Crippen LogP contribution in [0, 0.1) is 11.8 Å². The van der Waals surface area contributed by atoms with Crippen LogP contribution in [0.1, 0.15) is 67.7 Å². The lowest BCUT2D eigenvalue weighted by Gasteiger charge is -2.17. The van der Waals surface area contributed by atoms with E-state index < -0.39 is 5.79 Å². The Balaban J connectivity index is 2.82. The Hall–Kier alpha value is -1.35. The zero-order valence-electron chi connectivity index (χ0n) is 15.7. The topological polar surface area (TPSA) is 46.5 Å². The van der Waals surface area contributed by atoms with Crippen molar-refractivity contribution >= 4 is 5.78 Å². The molecule has 0 unspecified atom stereocenters. The van der Waals surface area contributed by atoms with Crippen molar-refractivity contribution in [2.24, 2.45) is 11.8 Å². The number of carbonyl (C=O) groups excluding carboxylic acids is 1. The molecule has 0 aliphatic carbocycles. The van der Waals surface area contributed by atoms with Gasteiger partial charge in [0.1, 0.15) is 5.76 Å². The van der Waals surface area contributed by atoms with E-state index in [9.17, 15) is 9.90 Å². The normalized spacial score (nSPS) is 25.7. The fourth-order valence-electron chi connectivity index (χ4n) is 3.37. The molecule has 1 N–H and O–H groups in total. The third kappa shape index (κ3) is 5.35. The SMILES string of the molecule is CCC[C@H](C)C[C@H](C)/C=C(C)/C=C(\C)C1=C(C)C(=O)[C@@](C)(O)O1. The Morgan fingerprint density at radius 2 is 1.96 bits per heavy atom. The van der Waals surface area contributed by atoms with Crippen molar-refractivity contribution < 1.29 is 14.6 Å². The lowest BCUT2D eigenvalue weighted by atomic mass is 9.92. The van der Waals surface area contributed by atoms with E-state index in [4.69, 9.17) is 4.74 Å². The zero-order valence-corrected chi connectivity index (χ0v) is 15.7. The average molecular weight is 320 g/mol. The van der Waals surface area contributed by atoms with E-state index in [2.05, 4.69) is 33.8 Å². The van der Waals surface area contributed by atoms with Gasteiger partial charge in [-0.3, -0.25) is 4.79 Å². The molecular formula is C20H32O3. The molecule has 0 spiro atoms. The fourth-order valence-corrected chi connectivity index (χ4v) is 3.37. The van der Waals surface area contributed by atoms with Crippen LogP contribution in [0.25, 0.3) is 0 Å².